The molecule has 1 saturated heterocycles. The van der Waals surface area contributed by atoms with Crippen molar-refractivity contribution in [1.82, 2.24) is 10.2 Å². The highest BCUT2D eigenvalue weighted by Gasteiger charge is 2.24. The van der Waals surface area contributed by atoms with Gasteiger partial charge in [-0.2, -0.15) is 0 Å². The molecular formula is C21H28N2OS. The number of carbonyl (C=O) groups excluding carboxylic acids is 1. The Morgan fingerprint density at radius 3 is 2.64 bits per heavy atom. The number of amides is 1. The first-order chi connectivity index (χ1) is 12.2. The van der Waals surface area contributed by atoms with Crippen LogP contribution in [-0.2, 0) is 11.3 Å². The van der Waals surface area contributed by atoms with Crippen molar-refractivity contribution in [3.8, 4) is 0 Å². The number of hydrogen-bond acceptors (Lipinski definition) is 3. The fraction of sp³-hybridized carbons (Fsp3) is 0.476. The molecule has 1 unspecified atom stereocenters. The molecule has 0 spiro atoms. The summed E-state index contributed by atoms with van der Waals surface area (Å²) in [5.74, 6) is 0.170. The van der Waals surface area contributed by atoms with Crippen LogP contribution in [0, 0.1) is 6.92 Å². The molecule has 1 N–H and O–H groups in total. The van der Waals surface area contributed by atoms with Crippen LogP contribution >= 0.6 is 11.3 Å². The van der Waals surface area contributed by atoms with Crippen LogP contribution in [0.4, 0.5) is 0 Å². The topological polar surface area (TPSA) is 32.3 Å². The molecule has 3 rings (SSSR count). The summed E-state index contributed by atoms with van der Waals surface area (Å²) in [6.45, 7) is 4.93. The van der Waals surface area contributed by atoms with E-state index in [-0.39, 0.29) is 11.9 Å². The summed E-state index contributed by atoms with van der Waals surface area (Å²) in [6.07, 6.45) is 5.25. The van der Waals surface area contributed by atoms with Gasteiger partial charge in [0.25, 0.3) is 0 Å². The van der Waals surface area contributed by atoms with Crippen LogP contribution in [0.5, 0.6) is 0 Å². The zero-order valence-corrected chi connectivity index (χ0v) is 15.9. The van der Waals surface area contributed by atoms with Gasteiger partial charge in [0.05, 0.1) is 0 Å². The summed E-state index contributed by atoms with van der Waals surface area (Å²) in [4.78, 5) is 17.7. The predicted octanol–water partition coefficient (Wildman–Crippen LogP) is 4.68. The van der Waals surface area contributed by atoms with Gasteiger partial charge in [0.1, 0.15) is 0 Å². The average molecular weight is 357 g/mol. The van der Waals surface area contributed by atoms with Crippen LogP contribution in [0.3, 0.4) is 0 Å². The van der Waals surface area contributed by atoms with Crippen molar-refractivity contribution < 1.29 is 4.79 Å². The predicted molar refractivity (Wildman–Crippen MR) is 105 cm³/mol. The lowest BCUT2D eigenvalue weighted by molar-refractivity contribution is -0.122. The van der Waals surface area contributed by atoms with Crippen LogP contribution in [0.15, 0.2) is 42.5 Å². The second kappa shape index (κ2) is 9.16. The maximum Gasteiger partial charge on any atom is 0.221 e. The number of hydrogen-bond donors (Lipinski definition) is 1. The zero-order chi connectivity index (χ0) is 17.5. The molecule has 0 bridgehead atoms. The largest absolute Gasteiger partial charge is 0.356 e. The molecular weight excluding hydrogens is 328 g/mol. The summed E-state index contributed by atoms with van der Waals surface area (Å²) in [6, 6.07) is 15.1. The molecule has 1 aliphatic rings. The van der Waals surface area contributed by atoms with Crippen molar-refractivity contribution in [3.05, 3.63) is 57.8 Å². The Morgan fingerprint density at radius 2 is 1.88 bits per heavy atom. The quantitative estimate of drug-likeness (QED) is 0.866. The van der Waals surface area contributed by atoms with E-state index in [4.69, 9.17) is 0 Å². The Kier molecular flexibility index (Phi) is 6.65. The first-order valence-electron chi connectivity index (χ1n) is 9.33. The number of aryl methyl sites for hydroxylation is 1. The molecule has 0 saturated carbocycles. The van der Waals surface area contributed by atoms with E-state index in [9.17, 15) is 4.79 Å². The molecule has 25 heavy (non-hydrogen) atoms. The van der Waals surface area contributed by atoms with Gasteiger partial charge in [-0.15, -0.1) is 11.3 Å². The third kappa shape index (κ3) is 5.41. The standard InChI is InChI=1S/C21H28N2OS/c1-17-11-12-19(25-17)16-23-14-8-3-2-7-13-22-21(24)15-20(23)18-9-5-4-6-10-18/h4-6,9-12,20H,2-3,7-8,13-16H2,1H3,(H,22,24). The molecule has 0 radical (unpaired) electrons. The maximum atomic E-state index is 12.5. The molecule has 3 nitrogen and oxygen atoms in total. The van der Waals surface area contributed by atoms with Crippen LogP contribution in [-0.4, -0.2) is 23.9 Å². The second-order valence-corrected chi connectivity index (χ2v) is 8.25. The minimum Gasteiger partial charge on any atom is -0.356 e. The van der Waals surface area contributed by atoms with Gasteiger partial charge < -0.3 is 5.32 Å². The lowest BCUT2D eigenvalue weighted by Crippen LogP contribution is -2.34. The van der Waals surface area contributed by atoms with Gasteiger partial charge in [-0.25, -0.2) is 0 Å². The first-order valence-corrected chi connectivity index (χ1v) is 10.1. The summed E-state index contributed by atoms with van der Waals surface area (Å²) < 4.78 is 0. The van der Waals surface area contributed by atoms with Gasteiger partial charge in [-0.3, -0.25) is 9.69 Å². The third-order valence-corrected chi connectivity index (χ3v) is 5.84. The highest BCUT2D eigenvalue weighted by Crippen LogP contribution is 2.29. The van der Waals surface area contributed by atoms with E-state index >= 15 is 0 Å². The van der Waals surface area contributed by atoms with Gasteiger partial charge in [-0.05, 0) is 44.0 Å². The Bertz CT molecular complexity index is 668. The lowest BCUT2D eigenvalue weighted by Gasteiger charge is -2.31. The van der Waals surface area contributed by atoms with E-state index in [1.807, 2.05) is 17.4 Å². The second-order valence-electron chi connectivity index (χ2n) is 6.88. The van der Waals surface area contributed by atoms with Crippen molar-refractivity contribution >= 4 is 17.2 Å². The molecule has 134 valence electrons. The molecule has 1 atom stereocenters. The number of benzene rings is 1. The maximum absolute atomic E-state index is 12.5. The van der Waals surface area contributed by atoms with Crippen molar-refractivity contribution in [2.45, 2.75) is 51.6 Å². The van der Waals surface area contributed by atoms with E-state index in [1.54, 1.807) is 0 Å². The van der Waals surface area contributed by atoms with Crippen LogP contribution in [0.25, 0.3) is 0 Å². The van der Waals surface area contributed by atoms with Crippen LogP contribution in [0.2, 0.25) is 0 Å². The van der Waals surface area contributed by atoms with Crippen molar-refractivity contribution in [1.29, 1.82) is 0 Å². The Balaban J connectivity index is 1.85. The van der Waals surface area contributed by atoms with Crippen molar-refractivity contribution in [2.75, 3.05) is 13.1 Å². The van der Waals surface area contributed by atoms with E-state index in [0.29, 0.717) is 6.42 Å². The molecule has 0 aliphatic carbocycles. The summed E-state index contributed by atoms with van der Waals surface area (Å²) in [5.41, 5.74) is 1.24. The van der Waals surface area contributed by atoms with Crippen LogP contribution < -0.4 is 5.32 Å². The summed E-state index contributed by atoms with van der Waals surface area (Å²) >= 11 is 1.86. The van der Waals surface area contributed by atoms with E-state index in [0.717, 1.165) is 26.1 Å². The molecule has 1 amide bonds. The molecule has 2 aromatic rings. The Hall–Kier alpha value is -1.65. The molecule has 1 aromatic carbocycles. The number of rotatable bonds is 3. The molecule has 4 heteroatoms. The van der Waals surface area contributed by atoms with Gasteiger partial charge in [-0.1, -0.05) is 43.2 Å². The minimum absolute atomic E-state index is 0.140. The SMILES string of the molecule is Cc1ccc(CN2CCCCCCNC(=O)CC2c2ccccc2)s1. The highest BCUT2D eigenvalue weighted by atomic mass is 32.1. The Morgan fingerprint density at radius 1 is 1.08 bits per heavy atom. The van der Waals surface area contributed by atoms with Crippen LogP contribution in [0.1, 0.15) is 53.5 Å². The van der Waals surface area contributed by atoms with Gasteiger partial charge >= 0.3 is 0 Å². The zero-order valence-electron chi connectivity index (χ0n) is 15.0. The van der Waals surface area contributed by atoms with Gasteiger partial charge in [0.15, 0.2) is 0 Å². The van der Waals surface area contributed by atoms with Gasteiger partial charge in [0.2, 0.25) is 5.91 Å². The molecule has 1 aromatic heterocycles. The fourth-order valence-corrected chi connectivity index (χ4v) is 4.43. The molecule has 1 aliphatic heterocycles. The number of thiophene rings is 1. The van der Waals surface area contributed by atoms with E-state index in [1.165, 1.54) is 34.6 Å². The lowest BCUT2D eigenvalue weighted by atomic mass is 10.0. The minimum atomic E-state index is 0.140. The molecule has 1 fully saturated rings. The number of nitrogens with one attached hydrogen (secondary N) is 1. The summed E-state index contributed by atoms with van der Waals surface area (Å²) in [7, 11) is 0. The fourth-order valence-electron chi connectivity index (χ4n) is 3.52. The van der Waals surface area contributed by atoms with Crippen molar-refractivity contribution in [2.24, 2.45) is 0 Å². The first kappa shape index (κ1) is 18.2. The smallest absolute Gasteiger partial charge is 0.221 e. The third-order valence-electron chi connectivity index (χ3n) is 4.85. The number of nitrogens with zero attached hydrogens (tertiary/aromatic N) is 1. The summed E-state index contributed by atoms with van der Waals surface area (Å²) in [5, 5.41) is 3.11. The highest BCUT2D eigenvalue weighted by molar-refractivity contribution is 7.11. The van der Waals surface area contributed by atoms with E-state index < -0.39 is 0 Å². The normalized spacial score (nSPS) is 20.7. The average Bonchev–Trinajstić information content (AvgIpc) is 3.01. The van der Waals surface area contributed by atoms with E-state index in [2.05, 4.69) is 53.5 Å². The Labute approximate surface area is 155 Å². The molecule has 2 heterocycles. The monoisotopic (exact) mass is 356 g/mol. The number of carbonyl (C=O) groups is 1. The van der Waals surface area contributed by atoms with Crippen molar-refractivity contribution in [3.63, 3.8) is 0 Å². The van der Waals surface area contributed by atoms with Gasteiger partial charge in [0, 0.05) is 35.3 Å².